The Bertz CT molecular complexity index is 680. The van der Waals surface area contributed by atoms with Crippen LogP contribution < -0.4 is 11.1 Å². The molecule has 1 aromatic carbocycles. The maximum Gasteiger partial charge on any atom is 0.251 e. The fourth-order valence-electron chi connectivity index (χ4n) is 2.77. The van der Waals surface area contributed by atoms with Gasteiger partial charge in [0, 0.05) is 30.7 Å². The van der Waals surface area contributed by atoms with Crippen LogP contribution in [0.1, 0.15) is 49.9 Å². The Balaban J connectivity index is 2.14. The van der Waals surface area contributed by atoms with Crippen LogP contribution in [0.5, 0.6) is 0 Å². The van der Waals surface area contributed by atoms with E-state index in [2.05, 4.69) is 5.32 Å². The zero-order valence-corrected chi connectivity index (χ0v) is 15.3. The summed E-state index contributed by atoms with van der Waals surface area (Å²) >= 11 is 0. The zero-order chi connectivity index (χ0) is 17.9. The number of amides is 1. The summed E-state index contributed by atoms with van der Waals surface area (Å²) in [5, 5.41) is 2.98. The van der Waals surface area contributed by atoms with Gasteiger partial charge in [0.1, 0.15) is 0 Å². The third kappa shape index (κ3) is 4.34. The Morgan fingerprint density at radius 1 is 1.25 bits per heavy atom. The van der Waals surface area contributed by atoms with Crippen molar-refractivity contribution in [1.29, 1.82) is 0 Å². The molecule has 3 N–H and O–H groups in total. The second kappa shape index (κ2) is 7.63. The molecule has 0 radical (unpaired) electrons. The molecule has 1 aromatic rings. The molecule has 1 aliphatic carbocycles. The van der Waals surface area contributed by atoms with E-state index in [1.165, 1.54) is 23.5 Å². The summed E-state index contributed by atoms with van der Waals surface area (Å²) in [5.74, 6) is -0.236. The minimum atomic E-state index is -3.60. The van der Waals surface area contributed by atoms with E-state index in [4.69, 9.17) is 5.73 Å². The maximum atomic E-state index is 12.6. The Hall–Kier alpha value is -1.44. The first kappa shape index (κ1) is 18.9. The molecule has 0 spiro atoms. The predicted octanol–water partition coefficient (Wildman–Crippen LogP) is 1.72. The van der Waals surface area contributed by atoms with Gasteiger partial charge in [-0.25, -0.2) is 8.42 Å². The highest BCUT2D eigenvalue weighted by Gasteiger charge is 2.25. The molecule has 7 heteroatoms. The van der Waals surface area contributed by atoms with Crippen LogP contribution >= 0.6 is 0 Å². The number of sulfonamides is 1. The van der Waals surface area contributed by atoms with Gasteiger partial charge in [0.25, 0.3) is 5.91 Å². The topological polar surface area (TPSA) is 92.5 Å². The molecule has 0 heterocycles. The van der Waals surface area contributed by atoms with Crippen LogP contribution in [0.15, 0.2) is 29.2 Å². The third-order valence-electron chi connectivity index (χ3n) is 4.61. The minimum Gasteiger partial charge on any atom is -0.349 e. The summed E-state index contributed by atoms with van der Waals surface area (Å²) in [6.07, 6.45) is 3.53. The summed E-state index contributed by atoms with van der Waals surface area (Å²) < 4.78 is 26.4. The smallest absolute Gasteiger partial charge is 0.251 e. The average Bonchev–Trinajstić information content (AvgIpc) is 2.56. The molecule has 0 bridgehead atoms. The van der Waals surface area contributed by atoms with Crippen LogP contribution in [0.4, 0.5) is 0 Å². The van der Waals surface area contributed by atoms with Gasteiger partial charge < -0.3 is 11.1 Å². The van der Waals surface area contributed by atoms with Crippen LogP contribution in [-0.2, 0) is 10.0 Å². The van der Waals surface area contributed by atoms with Crippen molar-refractivity contribution in [3.8, 4) is 0 Å². The molecule has 1 fully saturated rings. The number of rotatable bonds is 5. The van der Waals surface area contributed by atoms with E-state index in [0.717, 1.165) is 25.7 Å². The number of hydrogen-bond donors (Lipinski definition) is 2. The largest absolute Gasteiger partial charge is 0.349 e. The minimum absolute atomic E-state index is 0.107. The van der Waals surface area contributed by atoms with Gasteiger partial charge in [0.15, 0.2) is 0 Å². The number of carbonyl (C=O) groups is 1. The van der Waals surface area contributed by atoms with Crippen LogP contribution in [-0.4, -0.2) is 43.8 Å². The SMILES string of the molecule is CC(C)N(C)S(=O)(=O)c1cccc(C(=O)NC2CCC(N)CC2)c1. The van der Waals surface area contributed by atoms with Gasteiger partial charge in [-0.15, -0.1) is 0 Å². The Morgan fingerprint density at radius 2 is 1.88 bits per heavy atom. The van der Waals surface area contributed by atoms with Gasteiger partial charge in [-0.1, -0.05) is 6.07 Å². The lowest BCUT2D eigenvalue weighted by atomic mass is 9.91. The first-order chi connectivity index (χ1) is 11.2. The molecule has 6 nitrogen and oxygen atoms in total. The van der Waals surface area contributed by atoms with Gasteiger partial charge in [-0.05, 0) is 57.7 Å². The first-order valence-corrected chi connectivity index (χ1v) is 9.80. The quantitative estimate of drug-likeness (QED) is 0.843. The number of nitrogens with zero attached hydrogens (tertiary/aromatic N) is 1. The summed E-state index contributed by atoms with van der Waals surface area (Å²) in [6.45, 7) is 3.61. The lowest BCUT2D eigenvalue weighted by Gasteiger charge is -2.27. The van der Waals surface area contributed by atoms with E-state index >= 15 is 0 Å². The molecule has 1 saturated carbocycles. The molecular formula is C17H27N3O3S. The molecule has 0 saturated heterocycles. The molecule has 1 amide bonds. The normalized spacial score (nSPS) is 21.9. The molecule has 1 aliphatic rings. The number of carbonyl (C=O) groups excluding carboxylic acids is 1. The molecular weight excluding hydrogens is 326 g/mol. The summed E-state index contributed by atoms with van der Waals surface area (Å²) in [4.78, 5) is 12.6. The van der Waals surface area contributed by atoms with Gasteiger partial charge in [-0.2, -0.15) is 4.31 Å². The molecule has 0 aliphatic heterocycles. The van der Waals surface area contributed by atoms with Crippen molar-refractivity contribution in [2.75, 3.05) is 7.05 Å². The van der Waals surface area contributed by atoms with E-state index in [0.29, 0.717) is 5.56 Å². The van der Waals surface area contributed by atoms with Crippen molar-refractivity contribution in [1.82, 2.24) is 9.62 Å². The predicted molar refractivity (Wildman–Crippen MR) is 94.2 cm³/mol. The Morgan fingerprint density at radius 3 is 2.46 bits per heavy atom. The van der Waals surface area contributed by atoms with E-state index in [-0.39, 0.29) is 28.9 Å². The Kier molecular flexibility index (Phi) is 6.01. The highest BCUT2D eigenvalue weighted by atomic mass is 32.2. The van der Waals surface area contributed by atoms with Gasteiger partial charge in [0.05, 0.1) is 4.90 Å². The van der Waals surface area contributed by atoms with Crippen molar-refractivity contribution in [2.24, 2.45) is 5.73 Å². The number of hydrogen-bond acceptors (Lipinski definition) is 4. The summed E-state index contributed by atoms with van der Waals surface area (Å²) in [6, 6.07) is 6.38. The number of nitrogens with one attached hydrogen (secondary N) is 1. The Labute approximate surface area is 144 Å². The average molecular weight is 353 g/mol. The molecule has 0 atom stereocenters. The van der Waals surface area contributed by atoms with Crippen LogP contribution in [0.2, 0.25) is 0 Å². The van der Waals surface area contributed by atoms with Gasteiger partial charge >= 0.3 is 0 Å². The molecule has 24 heavy (non-hydrogen) atoms. The molecule has 134 valence electrons. The summed E-state index contributed by atoms with van der Waals surface area (Å²) in [7, 11) is -2.06. The van der Waals surface area contributed by atoms with Crippen LogP contribution in [0.25, 0.3) is 0 Å². The lowest BCUT2D eigenvalue weighted by molar-refractivity contribution is 0.0925. The monoisotopic (exact) mass is 353 g/mol. The van der Waals surface area contributed by atoms with E-state index in [1.54, 1.807) is 12.1 Å². The van der Waals surface area contributed by atoms with Crippen molar-refractivity contribution in [2.45, 2.75) is 62.6 Å². The zero-order valence-electron chi connectivity index (χ0n) is 14.5. The second-order valence-corrected chi connectivity index (χ2v) is 8.73. The van der Waals surface area contributed by atoms with Crippen molar-refractivity contribution >= 4 is 15.9 Å². The highest BCUT2D eigenvalue weighted by molar-refractivity contribution is 7.89. The fourth-order valence-corrected chi connectivity index (χ4v) is 4.19. The third-order valence-corrected chi connectivity index (χ3v) is 6.64. The van der Waals surface area contributed by atoms with Gasteiger partial charge in [0.2, 0.25) is 10.0 Å². The number of nitrogens with two attached hydrogens (primary N) is 1. The van der Waals surface area contributed by atoms with Gasteiger partial charge in [-0.3, -0.25) is 4.79 Å². The second-order valence-electron chi connectivity index (χ2n) is 6.73. The number of benzene rings is 1. The first-order valence-electron chi connectivity index (χ1n) is 8.36. The molecule has 0 aromatic heterocycles. The van der Waals surface area contributed by atoms with Crippen LogP contribution in [0, 0.1) is 0 Å². The van der Waals surface area contributed by atoms with E-state index < -0.39 is 10.0 Å². The van der Waals surface area contributed by atoms with E-state index in [1.807, 2.05) is 13.8 Å². The standard InChI is InChI=1S/C17H27N3O3S/c1-12(2)20(3)24(22,23)16-6-4-5-13(11-16)17(21)19-15-9-7-14(18)8-10-15/h4-6,11-12,14-15H,7-10,18H2,1-3H3,(H,19,21). The molecule has 0 unspecified atom stereocenters. The van der Waals surface area contributed by atoms with Crippen molar-refractivity contribution < 1.29 is 13.2 Å². The molecule has 2 rings (SSSR count). The highest BCUT2D eigenvalue weighted by Crippen LogP contribution is 2.20. The van der Waals surface area contributed by atoms with E-state index in [9.17, 15) is 13.2 Å². The van der Waals surface area contributed by atoms with Crippen molar-refractivity contribution in [3.63, 3.8) is 0 Å². The van der Waals surface area contributed by atoms with Crippen LogP contribution in [0.3, 0.4) is 0 Å². The van der Waals surface area contributed by atoms with Crippen molar-refractivity contribution in [3.05, 3.63) is 29.8 Å². The maximum absolute atomic E-state index is 12.6. The fraction of sp³-hybridized carbons (Fsp3) is 0.588. The summed E-state index contributed by atoms with van der Waals surface area (Å²) in [5.41, 5.74) is 6.24. The lowest BCUT2D eigenvalue weighted by Crippen LogP contribution is -2.40.